The van der Waals surface area contributed by atoms with Crippen LogP contribution in [0.3, 0.4) is 0 Å². The lowest BCUT2D eigenvalue weighted by Gasteiger charge is -2.42. The van der Waals surface area contributed by atoms with Gasteiger partial charge in [0.05, 0.1) is 33.0 Å². The fourth-order valence-electron chi connectivity index (χ4n) is 8.88. The Morgan fingerprint density at radius 2 is 0.525 bits per heavy atom. The van der Waals surface area contributed by atoms with Crippen LogP contribution in [-0.2, 0) is 0 Å². The highest BCUT2D eigenvalue weighted by molar-refractivity contribution is 6.78. The van der Waals surface area contributed by atoms with E-state index in [1.165, 1.54) is 0 Å². The van der Waals surface area contributed by atoms with Crippen LogP contribution in [0.4, 0.5) is 0 Å². The van der Waals surface area contributed by atoms with E-state index in [1.54, 1.807) is 0 Å². The first-order valence-corrected chi connectivity index (χ1v) is 26.1. The minimum atomic E-state index is -2.35. The summed E-state index contributed by atoms with van der Waals surface area (Å²) >= 11 is 0. The van der Waals surface area contributed by atoms with E-state index in [2.05, 4.69) is 113 Å². The van der Waals surface area contributed by atoms with Gasteiger partial charge in [-0.15, -0.1) is 0 Å². The maximum absolute atomic E-state index is 7.56. The molecule has 0 spiro atoms. The molecule has 0 radical (unpaired) electrons. The molecule has 0 amide bonds. The molecule has 4 aromatic rings. The number of hydrogen-bond donors (Lipinski definition) is 0. The van der Waals surface area contributed by atoms with E-state index in [0.717, 1.165) is 163 Å². The lowest BCUT2D eigenvalue weighted by atomic mass is 9.93. The molecule has 0 bridgehead atoms. The molecule has 330 valence electrons. The van der Waals surface area contributed by atoms with E-state index in [-0.39, 0.29) is 0 Å². The second kappa shape index (κ2) is 24.8. The van der Waals surface area contributed by atoms with Gasteiger partial charge in [-0.1, -0.05) is 140 Å². The van der Waals surface area contributed by atoms with E-state index in [9.17, 15) is 0 Å². The van der Waals surface area contributed by atoms with Gasteiger partial charge in [-0.2, -0.15) is 0 Å². The third-order valence-electron chi connectivity index (χ3n) is 12.1. The van der Waals surface area contributed by atoms with Gasteiger partial charge in [0.1, 0.15) is 5.75 Å². The van der Waals surface area contributed by atoms with Crippen LogP contribution < -0.4 is 28.1 Å². The SMILES string of the molecule is CCCCCOc1cc2c3cc(OCCCCC)c(OCCCCC)cc3c3cc(O[Si](C(C)C)(C(C)C)C(C)C)c(OCCCCC)cc3c2cc1OCCCCC. The third-order valence-corrected chi connectivity index (χ3v) is 18.1. The minimum Gasteiger partial charge on any atom is -0.540 e. The smallest absolute Gasteiger partial charge is 0.258 e. The van der Waals surface area contributed by atoms with Crippen molar-refractivity contribution < 1.29 is 28.1 Å². The summed E-state index contributed by atoms with van der Waals surface area (Å²) < 4.78 is 40.8. The highest BCUT2D eigenvalue weighted by Gasteiger charge is 2.47. The van der Waals surface area contributed by atoms with Crippen LogP contribution in [0, 0.1) is 0 Å². The molecule has 7 heteroatoms. The Balaban J connectivity index is 2.12. The molecule has 59 heavy (non-hydrogen) atoms. The maximum Gasteiger partial charge on any atom is 0.258 e. The molecule has 0 fully saturated rings. The van der Waals surface area contributed by atoms with E-state index < -0.39 is 8.32 Å². The van der Waals surface area contributed by atoms with Crippen molar-refractivity contribution in [3.8, 4) is 34.5 Å². The quantitative estimate of drug-likeness (QED) is 0.0296. The van der Waals surface area contributed by atoms with Crippen molar-refractivity contribution in [1.29, 1.82) is 0 Å². The molecule has 0 atom stereocenters. The van der Waals surface area contributed by atoms with Crippen LogP contribution in [0.5, 0.6) is 34.5 Å². The minimum absolute atomic E-state index is 0.415. The first kappa shape index (κ1) is 48.3. The zero-order chi connectivity index (χ0) is 42.8. The molecule has 0 aliphatic carbocycles. The highest BCUT2D eigenvalue weighted by atomic mass is 28.4. The second-order valence-corrected chi connectivity index (χ2v) is 23.1. The van der Waals surface area contributed by atoms with Gasteiger partial charge in [-0.05, 0) is 117 Å². The fourth-order valence-corrected chi connectivity index (χ4v) is 14.1. The van der Waals surface area contributed by atoms with Gasteiger partial charge in [0.15, 0.2) is 28.7 Å². The van der Waals surface area contributed by atoms with Crippen molar-refractivity contribution in [1.82, 2.24) is 0 Å². The van der Waals surface area contributed by atoms with E-state index >= 15 is 0 Å². The molecule has 0 N–H and O–H groups in total. The Hall–Kier alpha value is -3.32. The molecule has 0 aromatic heterocycles. The second-order valence-electron chi connectivity index (χ2n) is 17.7. The van der Waals surface area contributed by atoms with Gasteiger partial charge < -0.3 is 28.1 Å². The van der Waals surface area contributed by atoms with Crippen molar-refractivity contribution in [2.75, 3.05) is 33.0 Å². The van der Waals surface area contributed by atoms with Gasteiger partial charge in [-0.25, -0.2) is 0 Å². The Bertz CT molecular complexity index is 1780. The van der Waals surface area contributed by atoms with Crippen LogP contribution in [0.25, 0.3) is 32.3 Å². The van der Waals surface area contributed by atoms with Crippen molar-refractivity contribution >= 4 is 40.6 Å². The average molecular weight is 831 g/mol. The Kier molecular flexibility index (Phi) is 20.3. The van der Waals surface area contributed by atoms with Crippen LogP contribution in [0.1, 0.15) is 172 Å². The molecule has 4 rings (SSSR count). The first-order chi connectivity index (χ1) is 28.6. The topological polar surface area (TPSA) is 55.4 Å². The predicted molar refractivity (Wildman–Crippen MR) is 256 cm³/mol. The maximum atomic E-state index is 7.56. The highest BCUT2D eigenvalue weighted by Crippen LogP contribution is 2.50. The normalized spacial score (nSPS) is 12.1. The first-order valence-electron chi connectivity index (χ1n) is 24.0. The van der Waals surface area contributed by atoms with Gasteiger partial charge in [0.2, 0.25) is 0 Å². The third kappa shape index (κ3) is 12.6. The molecular weight excluding hydrogens is 749 g/mol. The fraction of sp³-hybridized carbons (Fsp3) is 0.654. The van der Waals surface area contributed by atoms with Crippen LogP contribution in [0.15, 0.2) is 36.4 Å². The van der Waals surface area contributed by atoms with Crippen molar-refractivity contribution in [2.45, 2.75) is 189 Å². The van der Waals surface area contributed by atoms with Crippen molar-refractivity contribution in [2.24, 2.45) is 0 Å². The Morgan fingerprint density at radius 1 is 0.322 bits per heavy atom. The van der Waals surface area contributed by atoms with Crippen LogP contribution in [-0.4, -0.2) is 41.4 Å². The standard InChI is InChI=1S/C52H82O6Si/c1-12-17-22-27-53-47-32-41-42-33-48(54-28-23-18-13-2)50(56-30-25-20-15-4)35-44(42)46-37-52(58-59(38(6)7,39(8)9)40(10)11)51(57-31-26-21-16-5)36-45(46)43(41)34-49(47)55-29-24-19-14-3/h32-40H,12-31H2,1-11H3. The summed E-state index contributed by atoms with van der Waals surface area (Å²) in [5.41, 5.74) is 1.24. The van der Waals surface area contributed by atoms with Crippen LogP contribution >= 0.6 is 0 Å². The van der Waals surface area contributed by atoms with Crippen LogP contribution in [0.2, 0.25) is 16.6 Å². The number of fused-ring (bicyclic) bond motifs is 6. The lowest BCUT2D eigenvalue weighted by Crippen LogP contribution is -2.50. The summed E-state index contributed by atoms with van der Waals surface area (Å²) in [6, 6.07) is 13.5. The summed E-state index contributed by atoms with van der Waals surface area (Å²) in [5.74, 6) is 4.88. The van der Waals surface area contributed by atoms with E-state index in [4.69, 9.17) is 28.1 Å². The number of rotatable bonds is 30. The lowest BCUT2D eigenvalue weighted by molar-refractivity contribution is 0.260. The molecule has 0 aliphatic rings. The zero-order valence-electron chi connectivity index (χ0n) is 39.3. The molecule has 0 saturated heterocycles. The summed E-state index contributed by atoms with van der Waals surface area (Å²) in [5, 5.41) is 6.67. The molecule has 4 aromatic carbocycles. The van der Waals surface area contributed by atoms with Crippen molar-refractivity contribution in [3.63, 3.8) is 0 Å². The van der Waals surface area contributed by atoms with Crippen molar-refractivity contribution in [3.05, 3.63) is 36.4 Å². The Labute approximate surface area is 360 Å². The largest absolute Gasteiger partial charge is 0.540 e. The summed E-state index contributed by atoms with van der Waals surface area (Å²) in [6.07, 6.45) is 16.4. The molecule has 6 nitrogen and oxygen atoms in total. The monoisotopic (exact) mass is 831 g/mol. The van der Waals surface area contributed by atoms with Gasteiger partial charge >= 0.3 is 0 Å². The van der Waals surface area contributed by atoms with Gasteiger partial charge in [-0.3, -0.25) is 0 Å². The summed E-state index contributed by atoms with van der Waals surface area (Å²) in [6.45, 7) is 28.5. The van der Waals surface area contributed by atoms with E-state index in [0.29, 0.717) is 49.7 Å². The van der Waals surface area contributed by atoms with E-state index in [1.807, 2.05) is 0 Å². The van der Waals surface area contributed by atoms with Gasteiger partial charge in [0, 0.05) is 0 Å². The molecule has 0 saturated carbocycles. The molecule has 0 unspecified atom stereocenters. The summed E-state index contributed by atoms with van der Waals surface area (Å²) in [7, 11) is -2.35. The molecular formula is C52H82O6Si. The molecule has 0 aliphatic heterocycles. The molecule has 0 heterocycles. The number of unbranched alkanes of at least 4 members (excludes halogenated alkanes) is 10. The predicted octanol–water partition coefficient (Wildman–Crippen LogP) is 16.5. The zero-order valence-corrected chi connectivity index (χ0v) is 40.3. The number of hydrogen-bond acceptors (Lipinski definition) is 6. The van der Waals surface area contributed by atoms with Gasteiger partial charge in [0.25, 0.3) is 8.32 Å². The Morgan fingerprint density at radius 3 is 0.729 bits per heavy atom. The summed E-state index contributed by atoms with van der Waals surface area (Å²) in [4.78, 5) is 0. The number of ether oxygens (including phenoxy) is 5. The number of benzene rings is 4. The average Bonchev–Trinajstić information content (AvgIpc) is 3.21.